The third-order valence-electron chi connectivity index (χ3n) is 5.37. The van der Waals surface area contributed by atoms with Crippen LogP contribution < -0.4 is 15.0 Å². The summed E-state index contributed by atoms with van der Waals surface area (Å²) >= 11 is 0. The summed E-state index contributed by atoms with van der Waals surface area (Å²) in [5.41, 5.74) is 1.38. The standard InChI is InChI=1S/C29H24N2O6/c1-35-28(33)25-13-6-7-18-31(26(25)29(34)36-2)22-10-8-9-20(19-22)27(32)30-21-14-16-24(17-15-21)37-23-11-4-3-5-12-23/h3-19H,1-2H3,(H,30,32). The Morgan fingerprint density at radius 3 is 2.16 bits per heavy atom. The monoisotopic (exact) mass is 496 g/mol. The number of allylic oxidation sites excluding steroid dienone is 2. The molecule has 0 radical (unpaired) electrons. The van der Waals surface area contributed by atoms with Gasteiger partial charge >= 0.3 is 11.9 Å². The van der Waals surface area contributed by atoms with Gasteiger partial charge in [-0.2, -0.15) is 0 Å². The van der Waals surface area contributed by atoms with Crippen molar-refractivity contribution in [2.24, 2.45) is 0 Å². The Hall–Kier alpha value is -5.11. The molecule has 0 aliphatic carbocycles. The van der Waals surface area contributed by atoms with Crippen LogP contribution in [-0.2, 0) is 19.1 Å². The molecule has 1 N–H and O–H groups in total. The molecule has 3 aromatic rings. The molecule has 8 nitrogen and oxygen atoms in total. The zero-order chi connectivity index (χ0) is 26.2. The summed E-state index contributed by atoms with van der Waals surface area (Å²) in [4.78, 5) is 39.5. The number of nitrogens with one attached hydrogen (secondary N) is 1. The van der Waals surface area contributed by atoms with Crippen molar-refractivity contribution in [1.29, 1.82) is 0 Å². The lowest BCUT2D eigenvalue weighted by Gasteiger charge is -2.23. The van der Waals surface area contributed by atoms with Crippen LogP contribution in [0.4, 0.5) is 11.4 Å². The van der Waals surface area contributed by atoms with Crippen LogP contribution in [0.3, 0.4) is 0 Å². The molecule has 0 fully saturated rings. The van der Waals surface area contributed by atoms with Gasteiger partial charge in [0.15, 0.2) is 0 Å². The number of rotatable bonds is 7. The average molecular weight is 497 g/mol. The van der Waals surface area contributed by atoms with Gasteiger partial charge in [0.1, 0.15) is 17.2 Å². The quantitative estimate of drug-likeness (QED) is 0.448. The van der Waals surface area contributed by atoms with Gasteiger partial charge in [-0.15, -0.1) is 0 Å². The van der Waals surface area contributed by atoms with Gasteiger partial charge in [0, 0.05) is 23.1 Å². The lowest BCUT2D eigenvalue weighted by atomic mass is 10.1. The Morgan fingerprint density at radius 2 is 1.46 bits per heavy atom. The number of ether oxygens (including phenoxy) is 3. The molecule has 0 saturated heterocycles. The summed E-state index contributed by atoms with van der Waals surface area (Å²) in [6.07, 6.45) is 6.33. The van der Waals surface area contributed by atoms with E-state index < -0.39 is 11.9 Å². The van der Waals surface area contributed by atoms with Crippen molar-refractivity contribution in [3.63, 3.8) is 0 Å². The lowest BCUT2D eigenvalue weighted by Crippen LogP contribution is -2.27. The molecule has 8 heteroatoms. The third-order valence-corrected chi connectivity index (χ3v) is 5.37. The van der Waals surface area contributed by atoms with Crippen molar-refractivity contribution in [3.8, 4) is 11.5 Å². The molecule has 0 atom stereocenters. The first-order valence-electron chi connectivity index (χ1n) is 11.3. The number of hydrogen-bond acceptors (Lipinski definition) is 7. The summed E-state index contributed by atoms with van der Waals surface area (Å²) in [5.74, 6) is -0.434. The van der Waals surface area contributed by atoms with Gasteiger partial charge in [-0.05, 0) is 66.7 Å². The maximum absolute atomic E-state index is 13.0. The van der Waals surface area contributed by atoms with Crippen LogP contribution in [0.5, 0.6) is 11.5 Å². The summed E-state index contributed by atoms with van der Waals surface area (Å²) < 4.78 is 15.5. The number of para-hydroxylation sites is 1. The van der Waals surface area contributed by atoms with E-state index in [1.165, 1.54) is 25.2 Å². The van der Waals surface area contributed by atoms with Crippen LogP contribution in [0, 0.1) is 0 Å². The number of esters is 2. The Bertz CT molecular complexity index is 1390. The molecule has 186 valence electrons. The van der Waals surface area contributed by atoms with Gasteiger partial charge in [-0.25, -0.2) is 9.59 Å². The Balaban J connectivity index is 1.56. The molecule has 0 aromatic heterocycles. The highest BCUT2D eigenvalue weighted by molar-refractivity contribution is 6.07. The van der Waals surface area contributed by atoms with E-state index in [0.29, 0.717) is 28.4 Å². The number of anilines is 2. The first kappa shape index (κ1) is 25.0. The van der Waals surface area contributed by atoms with Crippen LogP contribution in [0.15, 0.2) is 115 Å². The van der Waals surface area contributed by atoms with Gasteiger partial charge in [0.25, 0.3) is 5.91 Å². The van der Waals surface area contributed by atoms with Gasteiger partial charge in [-0.3, -0.25) is 4.79 Å². The molecule has 0 unspecified atom stereocenters. The Morgan fingerprint density at radius 1 is 0.757 bits per heavy atom. The highest BCUT2D eigenvalue weighted by atomic mass is 16.5. The second kappa shape index (κ2) is 11.5. The Labute approximate surface area is 214 Å². The van der Waals surface area contributed by atoms with Gasteiger partial charge in [0.2, 0.25) is 0 Å². The van der Waals surface area contributed by atoms with Crippen LogP contribution in [-0.4, -0.2) is 32.1 Å². The molecule has 1 amide bonds. The SMILES string of the molecule is COC(=O)C1=C(C(=O)OC)N(c2cccc(C(=O)Nc3ccc(Oc4ccccc4)cc3)c2)C=CC=C1. The van der Waals surface area contributed by atoms with E-state index >= 15 is 0 Å². The van der Waals surface area contributed by atoms with Crippen LogP contribution in [0.1, 0.15) is 10.4 Å². The van der Waals surface area contributed by atoms with Gasteiger partial charge in [0.05, 0.1) is 19.8 Å². The predicted octanol–water partition coefficient (Wildman–Crippen LogP) is 5.22. The van der Waals surface area contributed by atoms with Crippen LogP contribution in [0.2, 0.25) is 0 Å². The average Bonchev–Trinajstić information content (AvgIpc) is 3.17. The second-order valence-corrected chi connectivity index (χ2v) is 7.76. The van der Waals surface area contributed by atoms with E-state index in [1.54, 1.807) is 66.9 Å². The van der Waals surface area contributed by atoms with Crippen molar-refractivity contribution >= 4 is 29.2 Å². The highest BCUT2D eigenvalue weighted by Gasteiger charge is 2.27. The zero-order valence-corrected chi connectivity index (χ0v) is 20.2. The molecule has 3 aromatic carbocycles. The van der Waals surface area contributed by atoms with Crippen LogP contribution in [0.25, 0.3) is 0 Å². The summed E-state index contributed by atoms with van der Waals surface area (Å²) in [6.45, 7) is 0. The van der Waals surface area contributed by atoms with Gasteiger partial charge < -0.3 is 24.4 Å². The third kappa shape index (κ3) is 5.94. The molecule has 0 saturated carbocycles. The first-order chi connectivity index (χ1) is 18.0. The molecular weight excluding hydrogens is 472 g/mol. The predicted molar refractivity (Wildman–Crippen MR) is 139 cm³/mol. The van der Waals surface area contributed by atoms with Crippen molar-refractivity contribution in [3.05, 3.63) is 120 Å². The van der Waals surface area contributed by atoms with Crippen LogP contribution >= 0.6 is 0 Å². The normalized spacial score (nSPS) is 12.5. The smallest absolute Gasteiger partial charge is 0.355 e. The topological polar surface area (TPSA) is 94.2 Å². The molecule has 1 aliphatic heterocycles. The fourth-order valence-electron chi connectivity index (χ4n) is 3.60. The molecular formula is C29H24N2O6. The van der Waals surface area contributed by atoms with E-state index in [9.17, 15) is 14.4 Å². The number of methoxy groups -OCH3 is 2. The summed E-state index contributed by atoms with van der Waals surface area (Å²) in [7, 11) is 2.45. The van der Waals surface area contributed by atoms with E-state index in [0.717, 1.165) is 0 Å². The molecule has 1 aliphatic rings. The zero-order valence-electron chi connectivity index (χ0n) is 20.2. The fraction of sp³-hybridized carbons (Fsp3) is 0.0690. The highest BCUT2D eigenvalue weighted by Crippen LogP contribution is 2.28. The number of nitrogens with zero attached hydrogens (tertiary/aromatic N) is 1. The molecule has 0 spiro atoms. The summed E-state index contributed by atoms with van der Waals surface area (Å²) in [5, 5.41) is 2.85. The van der Waals surface area contributed by atoms with Crippen molar-refractivity contribution < 1.29 is 28.6 Å². The van der Waals surface area contributed by atoms with E-state index in [4.69, 9.17) is 14.2 Å². The van der Waals surface area contributed by atoms with E-state index in [-0.39, 0.29) is 17.2 Å². The number of benzene rings is 3. The molecule has 1 heterocycles. The maximum Gasteiger partial charge on any atom is 0.355 e. The molecule has 4 rings (SSSR count). The summed E-state index contributed by atoms with van der Waals surface area (Å²) in [6, 6.07) is 23.0. The van der Waals surface area contributed by atoms with E-state index in [1.807, 2.05) is 30.3 Å². The van der Waals surface area contributed by atoms with Gasteiger partial charge in [-0.1, -0.05) is 30.3 Å². The minimum absolute atomic E-state index is 0.0204. The second-order valence-electron chi connectivity index (χ2n) is 7.76. The lowest BCUT2D eigenvalue weighted by molar-refractivity contribution is -0.139. The number of carbonyl (C=O) groups excluding carboxylic acids is 3. The Kier molecular flexibility index (Phi) is 7.80. The fourth-order valence-corrected chi connectivity index (χ4v) is 3.60. The van der Waals surface area contributed by atoms with E-state index in [2.05, 4.69) is 5.32 Å². The van der Waals surface area contributed by atoms with Crippen molar-refractivity contribution in [2.45, 2.75) is 0 Å². The first-order valence-corrected chi connectivity index (χ1v) is 11.3. The number of hydrogen-bond donors (Lipinski definition) is 1. The minimum Gasteiger partial charge on any atom is -0.465 e. The minimum atomic E-state index is -0.732. The number of carbonyl (C=O) groups is 3. The van der Waals surface area contributed by atoms with Crippen molar-refractivity contribution in [1.82, 2.24) is 0 Å². The molecule has 37 heavy (non-hydrogen) atoms. The molecule has 0 bridgehead atoms. The maximum atomic E-state index is 13.0. The largest absolute Gasteiger partial charge is 0.465 e. The number of amides is 1. The van der Waals surface area contributed by atoms with Crippen molar-refractivity contribution in [2.75, 3.05) is 24.4 Å².